The summed E-state index contributed by atoms with van der Waals surface area (Å²) in [6, 6.07) is 8.57. The SMILES string of the molecule is CC(C)(C)c1nc(N)sc1Cc1cccc(I)c1. The smallest absolute Gasteiger partial charge is 0.180 e. The molecule has 0 saturated carbocycles. The van der Waals surface area contributed by atoms with E-state index in [0.29, 0.717) is 5.13 Å². The molecular formula is C14H17IN2S. The molecule has 0 aliphatic heterocycles. The fourth-order valence-electron chi connectivity index (χ4n) is 1.91. The van der Waals surface area contributed by atoms with E-state index in [1.807, 2.05) is 0 Å². The first kappa shape index (κ1) is 13.8. The molecule has 1 aromatic carbocycles. The monoisotopic (exact) mass is 372 g/mol. The molecule has 0 aliphatic carbocycles. The van der Waals surface area contributed by atoms with Crippen LogP contribution in [0.15, 0.2) is 24.3 Å². The summed E-state index contributed by atoms with van der Waals surface area (Å²) in [6.07, 6.45) is 0.915. The first-order valence-corrected chi connectivity index (χ1v) is 7.76. The quantitative estimate of drug-likeness (QED) is 0.802. The average Bonchev–Trinajstić information content (AvgIpc) is 2.59. The topological polar surface area (TPSA) is 38.9 Å². The molecule has 1 heterocycles. The Hall–Kier alpha value is -0.620. The molecule has 0 radical (unpaired) electrons. The van der Waals surface area contributed by atoms with Gasteiger partial charge in [-0.25, -0.2) is 4.98 Å². The lowest BCUT2D eigenvalue weighted by Crippen LogP contribution is -2.14. The van der Waals surface area contributed by atoms with Gasteiger partial charge in [0.15, 0.2) is 5.13 Å². The molecular weight excluding hydrogens is 355 g/mol. The van der Waals surface area contributed by atoms with Gasteiger partial charge in [0.2, 0.25) is 0 Å². The van der Waals surface area contributed by atoms with Gasteiger partial charge in [-0.2, -0.15) is 0 Å². The Kier molecular flexibility index (Phi) is 3.96. The maximum atomic E-state index is 5.87. The summed E-state index contributed by atoms with van der Waals surface area (Å²) in [5, 5.41) is 0.667. The lowest BCUT2D eigenvalue weighted by molar-refractivity contribution is 0.568. The van der Waals surface area contributed by atoms with Gasteiger partial charge in [-0.05, 0) is 40.3 Å². The van der Waals surface area contributed by atoms with Crippen LogP contribution < -0.4 is 5.73 Å². The summed E-state index contributed by atoms with van der Waals surface area (Å²) in [5.41, 5.74) is 8.36. The van der Waals surface area contributed by atoms with Crippen LogP contribution in [0.2, 0.25) is 0 Å². The second-order valence-corrected chi connectivity index (χ2v) is 7.74. The molecule has 0 saturated heterocycles. The van der Waals surface area contributed by atoms with Crippen LogP contribution in [-0.2, 0) is 11.8 Å². The van der Waals surface area contributed by atoms with Crippen molar-refractivity contribution in [3.63, 3.8) is 0 Å². The number of nitrogen functional groups attached to an aromatic ring is 1. The Morgan fingerprint density at radius 3 is 2.67 bits per heavy atom. The van der Waals surface area contributed by atoms with Crippen LogP contribution in [0.3, 0.4) is 0 Å². The highest BCUT2D eigenvalue weighted by molar-refractivity contribution is 14.1. The Labute approximate surface area is 126 Å². The third-order valence-corrected chi connectivity index (χ3v) is 4.23. The van der Waals surface area contributed by atoms with Crippen LogP contribution in [0, 0.1) is 3.57 Å². The maximum absolute atomic E-state index is 5.87. The molecule has 0 amide bonds. The lowest BCUT2D eigenvalue weighted by atomic mass is 9.90. The average molecular weight is 372 g/mol. The minimum atomic E-state index is 0.0470. The fourth-order valence-corrected chi connectivity index (χ4v) is 3.59. The first-order valence-electron chi connectivity index (χ1n) is 5.86. The summed E-state index contributed by atoms with van der Waals surface area (Å²) in [4.78, 5) is 5.77. The van der Waals surface area contributed by atoms with E-state index in [1.54, 1.807) is 11.3 Å². The van der Waals surface area contributed by atoms with Crippen molar-refractivity contribution in [2.24, 2.45) is 0 Å². The lowest BCUT2D eigenvalue weighted by Gasteiger charge is -2.17. The van der Waals surface area contributed by atoms with Crippen LogP contribution in [-0.4, -0.2) is 4.98 Å². The minimum Gasteiger partial charge on any atom is -0.375 e. The largest absolute Gasteiger partial charge is 0.375 e. The van der Waals surface area contributed by atoms with E-state index in [2.05, 4.69) is 72.6 Å². The highest BCUT2D eigenvalue weighted by atomic mass is 127. The van der Waals surface area contributed by atoms with Crippen molar-refractivity contribution in [2.75, 3.05) is 5.73 Å². The molecule has 4 heteroatoms. The number of hydrogen-bond donors (Lipinski definition) is 1. The molecule has 0 unspecified atom stereocenters. The van der Waals surface area contributed by atoms with E-state index in [-0.39, 0.29) is 5.41 Å². The molecule has 0 fully saturated rings. The minimum absolute atomic E-state index is 0.0470. The van der Waals surface area contributed by atoms with Crippen molar-refractivity contribution in [3.05, 3.63) is 44.0 Å². The summed E-state index contributed by atoms with van der Waals surface area (Å²) in [7, 11) is 0. The number of nitrogens with zero attached hydrogens (tertiary/aromatic N) is 1. The molecule has 96 valence electrons. The molecule has 2 nitrogen and oxygen atoms in total. The third-order valence-electron chi connectivity index (χ3n) is 2.68. The van der Waals surface area contributed by atoms with Crippen molar-refractivity contribution in [1.29, 1.82) is 0 Å². The number of thiazole rings is 1. The second-order valence-electron chi connectivity index (χ2n) is 5.38. The standard InChI is InChI=1S/C14H17IN2S/c1-14(2,3)12-11(18-13(16)17-12)8-9-5-4-6-10(15)7-9/h4-7H,8H2,1-3H3,(H2,16,17). The fraction of sp³-hybridized carbons (Fsp3) is 0.357. The van der Waals surface area contributed by atoms with Crippen molar-refractivity contribution >= 4 is 39.1 Å². The summed E-state index contributed by atoms with van der Waals surface area (Å²) >= 11 is 3.95. The number of nitrogens with two attached hydrogens (primary N) is 1. The van der Waals surface area contributed by atoms with E-state index >= 15 is 0 Å². The van der Waals surface area contributed by atoms with Gasteiger partial charge in [0.25, 0.3) is 0 Å². The predicted octanol–water partition coefficient (Wildman–Crippen LogP) is 4.22. The van der Waals surface area contributed by atoms with Crippen LogP contribution >= 0.6 is 33.9 Å². The van der Waals surface area contributed by atoms with E-state index < -0.39 is 0 Å². The Balaban J connectivity index is 2.35. The van der Waals surface area contributed by atoms with Gasteiger partial charge >= 0.3 is 0 Å². The van der Waals surface area contributed by atoms with Gasteiger partial charge in [-0.3, -0.25) is 0 Å². The Morgan fingerprint density at radius 1 is 1.33 bits per heavy atom. The van der Waals surface area contributed by atoms with Crippen molar-refractivity contribution in [3.8, 4) is 0 Å². The highest BCUT2D eigenvalue weighted by Crippen LogP contribution is 2.32. The van der Waals surface area contributed by atoms with Gasteiger partial charge in [-0.1, -0.05) is 32.9 Å². The number of anilines is 1. The van der Waals surface area contributed by atoms with Gasteiger partial charge in [0.05, 0.1) is 5.69 Å². The zero-order valence-corrected chi connectivity index (χ0v) is 13.8. The van der Waals surface area contributed by atoms with Crippen LogP contribution in [0.25, 0.3) is 0 Å². The van der Waals surface area contributed by atoms with Crippen LogP contribution in [0.1, 0.15) is 36.9 Å². The summed E-state index contributed by atoms with van der Waals surface area (Å²) < 4.78 is 1.26. The number of aromatic nitrogens is 1. The summed E-state index contributed by atoms with van der Waals surface area (Å²) in [6.45, 7) is 6.54. The molecule has 2 N–H and O–H groups in total. The van der Waals surface area contributed by atoms with Gasteiger partial charge in [0, 0.05) is 20.3 Å². The molecule has 2 aromatic rings. The molecule has 18 heavy (non-hydrogen) atoms. The zero-order valence-electron chi connectivity index (χ0n) is 10.8. The van der Waals surface area contributed by atoms with Crippen molar-refractivity contribution in [2.45, 2.75) is 32.6 Å². The van der Waals surface area contributed by atoms with Gasteiger partial charge in [0.1, 0.15) is 0 Å². The number of benzene rings is 1. The zero-order chi connectivity index (χ0) is 13.3. The highest BCUT2D eigenvalue weighted by Gasteiger charge is 2.22. The van der Waals surface area contributed by atoms with Crippen molar-refractivity contribution < 1.29 is 0 Å². The van der Waals surface area contributed by atoms with E-state index in [9.17, 15) is 0 Å². The Bertz CT molecular complexity index is 555. The molecule has 0 atom stereocenters. The molecule has 0 spiro atoms. The molecule has 2 rings (SSSR count). The predicted molar refractivity (Wildman–Crippen MR) is 87.2 cm³/mol. The van der Waals surface area contributed by atoms with Gasteiger partial charge < -0.3 is 5.73 Å². The van der Waals surface area contributed by atoms with Gasteiger partial charge in [-0.15, -0.1) is 11.3 Å². The molecule has 0 bridgehead atoms. The molecule has 0 aliphatic rings. The molecule has 1 aromatic heterocycles. The summed E-state index contributed by atoms with van der Waals surface area (Å²) in [5.74, 6) is 0. The first-order chi connectivity index (χ1) is 8.36. The Morgan fingerprint density at radius 2 is 2.06 bits per heavy atom. The second kappa shape index (κ2) is 5.17. The van der Waals surface area contributed by atoms with Crippen LogP contribution in [0.4, 0.5) is 5.13 Å². The number of halogens is 1. The van der Waals surface area contributed by atoms with E-state index in [1.165, 1.54) is 14.0 Å². The third kappa shape index (κ3) is 3.23. The van der Waals surface area contributed by atoms with Crippen molar-refractivity contribution in [1.82, 2.24) is 4.98 Å². The number of rotatable bonds is 2. The maximum Gasteiger partial charge on any atom is 0.180 e. The van der Waals surface area contributed by atoms with E-state index in [4.69, 9.17) is 5.73 Å². The van der Waals surface area contributed by atoms with E-state index in [0.717, 1.165) is 12.1 Å². The normalized spacial score (nSPS) is 11.8. The number of hydrogen-bond acceptors (Lipinski definition) is 3. The van der Waals surface area contributed by atoms with Crippen LogP contribution in [0.5, 0.6) is 0 Å².